The molecule has 0 aromatic heterocycles. The van der Waals surface area contributed by atoms with Crippen LogP contribution in [0.1, 0.15) is 18.9 Å². The van der Waals surface area contributed by atoms with Crippen molar-refractivity contribution in [2.45, 2.75) is 25.9 Å². The molecule has 0 aliphatic carbocycles. The third-order valence-electron chi connectivity index (χ3n) is 2.85. The fourth-order valence-corrected chi connectivity index (χ4v) is 1.58. The number of rotatable bonds is 8. The monoisotopic (exact) mass is 324 g/mol. The van der Waals surface area contributed by atoms with E-state index in [1.807, 2.05) is 0 Å². The smallest absolute Gasteiger partial charge is 0.333 e. The molecule has 1 aromatic carbocycles. The summed E-state index contributed by atoms with van der Waals surface area (Å²) in [6.07, 6.45) is -0.754. The Morgan fingerprint density at radius 2 is 1.83 bits per heavy atom. The molecule has 0 aliphatic heterocycles. The Morgan fingerprint density at radius 1 is 1.17 bits per heavy atom. The summed E-state index contributed by atoms with van der Waals surface area (Å²) in [4.78, 5) is 22.7. The van der Waals surface area contributed by atoms with E-state index < -0.39 is 18.0 Å². The molecule has 1 aromatic rings. The molecule has 0 spiro atoms. The van der Waals surface area contributed by atoms with Crippen LogP contribution < -0.4 is 0 Å². The third kappa shape index (κ3) is 6.84. The number of benzene rings is 1. The molecule has 0 heterocycles. The molecule has 0 aliphatic rings. The first-order chi connectivity index (χ1) is 10.8. The van der Waals surface area contributed by atoms with Gasteiger partial charge < -0.3 is 24.8 Å². The van der Waals surface area contributed by atoms with E-state index in [9.17, 15) is 24.9 Å². The van der Waals surface area contributed by atoms with Crippen LogP contribution in [0.15, 0.2) is 30.4 Å². The number of carbonyl (C=O) groups excluding carboxylic acids is 2. The predicted molar refractivity (Wildman–Crippen MR) is 80.8 cm³/mol. The fraction of sp³-hybridized carbons (Fsp3) is 0.375. The quantitative estimate of drug-likeness (QED) is 0.372. The van der Waals surface area contributed by atoms with Gasteiger partial charge in [0.1, 0.15) is 19.3 Å². The molecule has 0 bridgehead atoms. The fourth-order valence-electron chi connectivity index (χ4n) is 1.58. The average molecular weight is 324 g/mol. The van der Waals surface area contributed by atoms with Crippen molar-refractivity contribution in [3.05, 3.63) is 35.9 Å². The molecule has 1 unspecified atom stereocenters. The van der Waals surface area contributed by atoms with Gasteiger partial charge in [0.15, 0.2) is 11.5 Å². The van der Waals surface area contributed by atoms with Gasteiger partial charge in [-0.1, -0.05) is 12.6 Å². The highest BCUT2D eigenvalue weighted by atomic mass is 16.6. The zero-order chi connectivity index (χ0) is 17.4. The lowest BCUT2D eigenvalue weighted by Crippen LogP contribution is -2.25. The number of phenolic OH excluding ortho intramolecular Hbond substituents is 2. The van der Waals surface area contributed by atoms with Crippen LogP contribution in [0.25, 0.3) is 0 Å². The van der Waals surface area contributed by atoms with Gasteiger partial charge in [-0.2, -0.15) is 0 Å². The van der Waals surface area contributed by atoms with Gasteiger partial charge in [0.05, 0.1) is 0 Å². The van der Waals surface area contributed by atoms with Gasteiger partial charge in [-0.15, -0.1) is 0 Å². The highest BCUT2D eigenvalue weighted by molar-refractivity contribution is 5.86. The van der Waals surface area contributed by atoms with Gasteiger partial charge in [-0.3, -0.25) is 4.79 Å². The minimum atomic E-state index is -1.11. The molecule has 126 valence electrons. The molecule has 0 saturated carbocycles. The van der Waals surface area contributed by atoms with Gasteiger partial charge in [0.2, 0.25) is 0 Å². The van der Waals surface area contributed by atoms with Crippen LogP contribution in [-0.4, -0.2) is 46.6 Å². The molecule has 0 saturated heterocycles. The summed E-state index contributed by atoms with van der Waals surface area (Å²) in [6.45, 7) is 4.30. The Bertz CT molecular complexity index is 580. The summed E-state index contributed by atoms with van der Waals surface area (Å²) in [6, 6.07) is 4.26. The van der Waals surface area contributed by atoms with E-state index in [-0.39, 0.29) is 36.7 Å². The maximum absolute atomic E-state index is 11.6. The maximum atomic E-state index is 11.6. The maximum Gasteiger partial charge on any atom is 0.333 e. The Balaban J connectivity index is 2.27. The molecule has 3 N–H and O–H groups in total. The summed E-state index contributed by atoms with van der Waals surface area (Å²) in [5.41, 5.74) is 0.875. The van der Waals surface area contributed by atoms with Crippen LogP contribution in [-0.2, 0) is 25.5 Å². The second-order valence-corrected chi connectivity index (χ2v) is 5.04. The molecular weight excluding hydrogens is 304 g/mol. The van der Waals surface area contributed by atoms with Gasteiger partial charge in [0, 0.05) is 12.0 Å². The first kappa shape index (κ1) is 18.5. The average Bonchev–Trinajstić information content (AvgIpc) is 2.51. The van der Waals surface area contributed by atoms with Crippen LogP contribution in [0.3, 0.4) is 0 Å². The second kappa shape index (κ2) is 8.79. The van der Waals surface area contributed by atoms with Crippen molar-refractivity contribution in [1.82, 2.24) is 0 Å². The standard InChI is InChI=1S/C16H20O7/c1-10(2)16(21)23-9-12(17)8-22-15(20)6-4-11-3-5-13(18)14(19)7-11/h3,5,7,12,17-19H,1,4,6,8-9H2,2H3. The molecule has 23 heavy (non-hydrogen) atoms. The number of carbonyl (C=O) groups is 2. The first-order valence-corrected chi connectivity index (χ1v) is 6.96. The SMILES string of the molecule is C=C(C)C(=O)OCC(O)COC(=O)CCc1ccc(O)c(O)c1. The van der Waals surface area contributed by atoms with Crippen LogP contribution in [0.4, 0.5) is 0 Å². The number of aromatic hydroxyl groups is 2. The van der Waals surface area contributed by atoms with E-state index in [0.29, 0.717) is 12.0 Å². The largest absolute Gasteiger partial charge is 0.504 e. The van der Waals surface area contributed by atoms with Crippen LogP contribution in [0.5, 0.6) is 11.5 Å². The summed E-state index contributed by atoms with van der Waals surface area (Å²) in [7, 11) is 0. The summed E-state index contributed by atoms with van der Waals surface area (Å²) in [5.74, 6) is -1.65. The van der Waals surface area contributed by atoms with Crippen molar-refractivity contribution in [2.75, 3.05) is 13.2 Å². The normalized spacial score (nSPS) is 11.6. The van der Waals surface area contributed by atoms with Gasteiger partial charge in [0.25, 0.3) is 0 Å². The number of aryl methyl sites for hydroxylation is 1. The number of hydrogen-bond acceptors (Lipinski definition) is 7. The Labute approximate surface area is 133 Å². The van der Waals surface area contributed by atoms with Gasteiger partial charge in [-0.05, 0) is 31.0 Å². The van der Waals surface area contributed by atoms with Crippen molar-refractivity contribution in [3.8, 4) is 11.5 Å². The van der Waals surface area contributed by atoms with Crippen molar-refractivity contribution in [2.24, 2.45) is 0 Å². The van der Waals surface area contributed by atoms with Gasteiger partial charge >= 0.3 is 11.9 Å². The molecule has 7 nitrogen and oxygen atoms in total. The lowest BCUT2D eigenvalue weighted by molar-refractivity contribution is -0.150. The second-order valence-electron chi connectivity index (χ2n) is 5.04. The third-order valence-corrected chi connectivity index (χ3v) is 2.85. The van der Waals surface area contributed by atoms with Gasteiger partial charge in [-0.25, -0.2) is 4.79 Å². The highest BCUT2D eigenvalue weighted by Gasteiger charge is 2.12. The van der Waals surface area contributed by atoms with E-state index in [4.69, 9.17) is 9.47 Å². The summed E-state index contributed by atoms with van der Waals surface area (Å²) >= 11 is 0. The number of phenols is 2. The van der Waals surface area contributed by atoms with E-state index in [1.165, 1.54) is 19.1 Å². The predicted octanol–water partition coefficient (Wildman–Crippen LogP) is 1.05. The van der Waals surface area contributed by atoms with Crippen molar-refractivity contribution >= 4 is 11.9 Å². The number of hydrogen-bond donors (Lipinski definition) is 3. The Hall–Kier alpha value is -2.54. The highest BCUT2D eigenvalue weighted by Crippen LogP contribution is 2.25. The lowest BCUT2D eigenvalue weighted by Gasteiger charge is -2.12. The molecule has 0 fully saturated rings. The topological polar surface area (TPSA) is 113 Å². The van der Waals surface area contributed by atoms with Crippen molar-refractivity contribution in [3.63, 3.8) is 0 Å². The van der Waals surface area contributed by atoms with Crippen LogP contribution in [0, 0.1) is 0 Å². The molecule has 7 heteroatoms. The molecule has 0 radical (unpaired) electrons. The van der Waals surface area contributed by atoms with E-state index in [2.05, 4.69) is 6.58 Å². The summed E-state index contributed by atoms with van der Waals surface area (Å²) < 4.78 is 9.58. The molecule has 1 rings (SSSR count). The van der Waals surface area contributed by atoms with E-state index >= 15 is 0 Å². The van der Waals surface area contributed by atoms with Crippen molar-refractivity contribution < 1.29 is 34.4 Å². The lowest BCUT2D eigenvalue weighted by atomic mass is 10.1. The molecular formula is C16H20O7. The number of esters is 2. The van der Waals surface area contributed by atoms with Crippen molar-refractivity contribution in [1.29, 1.82) is 0 Å². The molecule has 0 amide bonds. The Morgan fingerprint density at radius 3 is 2.43 bits per heavy atom. The van der Waals surface area contributed by atoms with E-state index in [0.717, 1.165) is 0 Å². The summed E-state index contributed by atoms with van der Waals surface area (Å²) in [5, 5.41) is 28.1. The van der Waals surface area contributed by atoms with Crippen LogP contribution >= 0.6 is 0 Å². The number of aliphatic hydroxyl groups is 1. The Kier molecular flexibility index (Phi) is 7.08. The minimum Gasteiger partial charge on any atom is -0.504 e. The van der Waals surface area contributed by atoms with Crippen LogP contribution in [0.2, 0.25) is 0 Å². The molecule has 1 atom stereocenters. The minimum absolute atomic E-state index is 0.0441. The zero-order valence-electron chi connectivity index (χ0n) is 12.8. The van der Waals surface area contributed by atoms with E-state index in [1.54, 1.807) is 6.07 Å². The zero-order valence-corrected chi connectivity index (χ0v) is 12.8. The first-order valence-electron chi connectivity index (χ1n) is 6.96. The number of aliphatic hydroxyl groups excluding tert-OH is 1. The number of ether oxygens (including phenoxy) is 2.